The molecule has 0 bridgehead atoms. The number of rotatable bonds is 7. The minimum absolute atomic E-state index is 0.0502. The molecule has 2 aliphatic heterocycles. The number of nitrogens with zero attached hydrogens (tertiary/aromatic N) is 1. The van der Waals surface area contributed by atoms with Crippen LogP contribution < -0.4 is 16.0 Å². The van der Waals surface area contributed by atoms with Crippen LogP contribution in [0.2, 0.25) is 0 Å². The SMILES string of the molecule is CNC(C)C(=O)NC1CC=CCC2C(Cc3ccccc3)CC(C(=O)NC3CCCc4ccccc43)N2C1=O. The predicted molar refractivity (Wildman–Crippen MR) is 152 cm³/mol. The van der Waals surface area contributed by atoms with Gasteiger partial charge in [0.15, 0.2) is 0 Å². The van der Waals surface area contributed by atoms with Crippen molar-refractivity contribution in [1.29, 1.82) is 0 Å². The average Bonchev–Trinajstić information content (AvgIpc) is 3.30. The highest BCUT2D eigenvalue weighted by molar-refractivity contribution is 5.94. The smallest absolute Gasteiger partial charge is 0.246 e. The fourth-order valence-corrected chi connectivity index (χ4v) is 6.48. The lowest BCUT2D eigenvalue weighted by molar-refractivity contribution is -0.144. The van der Waals surface area contributed by atoms with Crippen molar-refractivity contribution in [2.24, 2.45) is 5.92 Å². The largest absolute Gasteiger partial charge is 0.347 e. The molecule has 1 saturated heterocycles. The molecule has 5 rings (SSSR count). The van der Waals surface area contributed by atoms with E-state index in [4.69, 9.17) is 0 Å². The van der Waals surface area contributed by atoms with E-state index in [9.17, 15) is 14.4 Å². The van der Waals surface area contributed by atoms with E-state index in [-0.39, 0.29) is 35.7 Å². The molecule has 6 unspecified atom stereocenters. The highest BCUT2D eigenvalue weighted by atomic mass is 16.2. The standard InChI is InChI=1S/C32H40N4O3/c1-21(33-2)30(37)35-27-16-8-9-18-28-24(19-22-11-4-3-5-12-22)20-29(36(28)32(27)39)31(38)34-26-17-10-14-23-13-6-7-15-25(23)26/h3-9,11-13,15,21,24,26-29,33H,10,14,16-20H2,1-2H3,(H,34,38)(H,35,37). The Kier molecular flexibility index (Phi) is 8.46. The molecule has 206 valence electrons. The first-order valence-corrected chi connectivity index (χ1v) is 14.3. The first-order chi connectivity index (χ1) is 19.0. The van der Waals surface area contributed by atoms with Crippen LogP contribution in [0.5, 0.6) is 0 Å². The highest BCUT2D eigenvalue weighted by Crippen LogP contribution is 2.37. The van der Waals surface area contributed by atoms with Crippen LogP contribution in [-0.4, -0.2) is 53.8 Å². The molecule has 7 nitrogen and oxygen atoms in total. The van der Waals surface area contributed by atoms with Crippen molar-refractivity contribution in [3.8, 4) is 0 Å². The van der Waals surface area contributed by atoms with Crippen molar-refractivity contribution >= 4 is 17.7 Å². The van der Waals surface area contributed by atoms with E-state index in [1.54, 1.807) is 14.0 Å². The molecule has 3 amide bonds. The molecule has 0 radical (unpaired) electrons. The van der Waals surface area contributed by atoms with Crippen molar-refractivity contribution < 1.29 is 14.4 Å². The summed E-state index contributed by atoms with van der Waals surface area (Å²) in [4.78, 5) is 42.6. The molecule has 0 saturated carbocycles. The summed E-state index contributed by atoms with van der Waals surface area (Å²) in [5.41, 5.74) is 3.67. The van der Waals surface area contributed by atoms with Crippen molar-refractivity contribution in [3.63, 3.8) is 0 Å². The minimum Gasteiger partial charge on any atom is -0.347 e. The van der Waals surface area contributed by atoms with E-state index >= 15 is 0 Å². The number of likely N-dealkylation sites (N-methyl/N-ethyl adjacent to an activating group) is 1. The number of nitrogens with one attached hydrogen (secondary N) is 3. The second-order valence-corrected chi connectivity index (χ2v) is 11.2. The average molecular weight is 529 g/mol. The highest BCUT2D eigenvalue weighted by Gasteiger charge is 2.48. The molecule has 7 heteroatoms. The number of hydrogen-bond donors (Lipinski definition) is 3. The van der Waals surface area contributed by atoms with Gasteiger partial charge < -0.3 is 20.9 Å². The second-order valence-electron chi connectivity index (χ2n) is 11.2. The van der Waals surface area contributed by atoms with Crippen LogP contribution in [0.3, 0.4) is 0 Å². The molecule has 2 heterocycles. The van der Waals surface area contributed by atoms with Gasteiger partial charge in [0.05, 0.1) is 12.1 Å². The molecule has 3 N–H and O–H groups in total. The van der Waals surface area contributed by atoms with Gasteiger partial charge in [0.2, 0.25) is 17.7 Å². The summed E-state index contributed by atoms with van der Waals surface area (Å²) in [5.74, 6) is -0.341. The van der Waals surface area contributed by atoms with Gasteiger partial charge in [0.1, 0.15) is 12.1 Å². The topological polar surface area (TPSA) is 90.5 Å². The number of hydrogen-bond acceptors (Lipinski definition) is 4. The molecule has 1 fully saturated rings. The summed E-state index contributed by atoms with van der Waals surface area (Å²) in [6, 6.07) is 16.8. The Morgan fingerprint density at radius 3 is 2.51 bits per heavy atom. The summed E-state index contributed by atoms with van der Waals surface area (Å²) in [5, 5.41) is 9.21. The maximum atomic E-state index is 14.1. The van der Waals surface area contributed by atoms with Crippen molar-refractivity contribution in [3.05, 3.63) is 83.4 Å². The Labute approximate surface area is 231 Å². The maximum Gasteiger partial charge on any atom is 0.246 e. The third-order valence-electron chi connectivity index (χ3n) is 8.70. The summed E-state index contributed by atoms with van der Waals surface area (Å²) >= 11 is 0. The van der Waals surface area contributed by atoms with Crippen LogP contribution in [0.15, 0.2) is 66.7 Å². The molecular formula is C32H40N4O3. The van der Waals surface area contributed by atoms with E-state index < -0.39 is 18.1 Å². The van der Waals surface area contributed by atoms with E-state index in [1.165, 1.54) is 16.7 Å². The molecule has 2 aromatic rings. The maximum absolute atomic E-state index is 14.1. The Bertz CT molecular complexity index is 1210. The van der Waals surface area contributed by atoms with Gasteiger partial charge in [-0.15, -0.1) is 0 Å². The second kappa shape index (κ2) is 12.2. The number of benzene rings is 2. The molecule has 39 heavy (non-hydrogen) atoms. The Balaban J connectivity index is 1.42. The minimum atomic E-state index is -0.700. The van der Waals surface area contributed by atoms with Crippen LogP contribution in [0.4, 0.5) is 0 Å². The first-order valence-electron chi connectivity index (χ1n) is 14.3. The Hall–Kier alpha value is -3.45. The van der Waals surface area contributed by atoms with Gasteiger partial charge >= 0.3 is 0 Å². The zero-order chi connectivity index (χ0) is 27.4. The molecular weight excluding hydrogens is 488 g/mol. The summed E-state index contributed by atoms with van der Waals surface area (Å²) in [6.07, 6.45) is 9.57. The van der Waals surface area contributed by atoms with E-state index in [2.05, 4.69) is 52.4 Å². The van der Waals surface area contributed by atoms with Gasteiger partial charge in [0.25, 0.3) is 0 Å². The number of carbonyl (C=O) groups is 3. The molecule has 0 aromatic heterocycles. The van der Waals surface area contributed by atoms with Gasteiger partial charge in [-0.05, 0) is 81.5 Å². The first kappa shape index (κ1) is 27.1. The van der Waals surface area contributed by atoms with Gasteiger partial charge in [-0.1, -0.05) is 66.7 Å². The number of fused-ring (bicyclic) bond motifs is 2. The zero-order valence-electron chi connectivity index (χ0n) is 22.9. The van der Waals surface area contributed by atoms with Crippen LogP contribution in [0, 0.1) is 5.92 Å². The molecule has 1 aliphatic carbocycles. The van der Waals surface area contributed by atoms with Gasteiger partial charge in [-0.25, -0.2) is 0 Å². The molecule has 0 spiro atoms. The van der Waals surface area contributed by atoms with E-state index in [0.717, 1.165) is 25.7 Å². The predicted octanol–water partition coefficient (Wildman–Crippen LogP) is 3.45. The lowest BCUT2D eigenvalue weighted by atomic mass is 9.87. The van der Waals surface area contributed by atoms with Crippen LogP contribution in [0.1, 0.15) is 61.8 Å². The molecule has 2 aromatic carbocycles. The van der Waals surface area contributed by atoms with Crippen molar-refractivity contribution in [2.75, 3.05) is 7.05 Å². The zero-order valence-corrected chi connectivity index (χ0v) is 22.9. The molecule has 3 aliphatic rings. The fourth-order valence-electron chi connectivity index (χ4n) is 6.48. The normalized spacial score (nSPS) is 27.1. The van der Waals surface area contributed by atoms with E-state index in [1.807, 2.05) is 35.2 Å². The number of amides is 3. The Morgan fingerprint density at radius 1 is 0.974 bits per heavy atom. The monoisotopic (exact) mass is 528 g/mol. The third-order valence-corrected chi connectivity index (χ3v) is 8.70. The van der Waals surface area contributed by atoms with Crippen molar-refractivity contribution in [2.45, 2.75) is 82.1 Å². The summed E-state index contributed by atoms with van der Waals surface area (Å²) in [7, 11) is 1.72. The van der Waals surface area contributed by atoms with Gasteiger partial charge in [0, 0.05) is 6.04 Å². The lowest BCUT2D eigenvalue weighted by Crippen LogP contribution is -2.58. The van der Waals surface area contributed by atoms with E-state index in [0.29, 0.717) is 19.3 Å². The quantitative estimate of drug-likeness (QED) is 0.480. The number of aryl methyl sites for hydroxylation is 1. The van der Waals surface area contributed by atoms with Crippen LogP contribution in [0.25, 0.3) is 0 Å². The Morgan fingerprint density at radius 2 is 1.72 bits per heavy atom. The third kappa shape index (κ3) is 5.93. The fraction of sp³-hybridized carbons (Fsp3) is 0.469. The summed E-state index contributed by atoms with van der Waals surface area (Å²) < 4.78 is 0. The van der Waals surface area contributed by atoms with Gasteiger partial charge in [-0.2, -0.15) is 0 Å². The lowest BCUT2D eigenvalue weighted by Gasteiger charge is -2.36. The van der Waals surface area contributed by atoms with Crippen molar-refractivity contribution in [1.82, 2.24) is 20.9 Å². The van der Waals surface area contributed by atoms with Crippen LogP contribution in [-0.2, 0) is 27.2 Å². The van der Waals surface area contributed by atoms with Crippen LogP contribution >= 0.6 is 0 Å². The van der Waals surface area contributed by atoms with Gasteiger partial charge in [-0.3, -0.25) is 14.4 Å². The molecule has 6 atom stereocenters. The summed E-state index contributed by atoms with van der Waals surface area (Å²) in [6.45, 7) is 1.77. The number of carbonyl (C=O) groups excluding carboxylic acids is 3.